The number of aliphatic hydroxyl groups is 1. The highest BCUT2D eigenvalue weighted by Crippen LogP contribution is 2.24. The third-order valence-corrected chi connectivity index (χ3v) is 2.12. The third-order valence-electron chi connectivity index (χ3n) is 1.85. The van der Waals surface area contributed by atoms with Crippen molar-refractivity contribution in [1.29, 1.82) is 0 Å². The Bertz CT molecular complexity index is 291. The summed E-state index contributed by atoms with van der Waals surface area (Å²) in [6.07, 6.45) is 0. The lowest BCUT2D eigenvalue weighted by Gasteiger charge is -2.09. The van der Waals surface area contributed by atoms with Gasteiger partial charge in [-0.3, -0.25) is 0 Å². The Morgan fingerprint density at radius 1 is 1.46 bits per heavy atom. The highest BCUT2D eigenvalue weighted by atomic mass is 35.5. The SMILES string of the molecule is CC(CO)c1cc(F)c(F)c(Cl)c1. The van der Waals surface area contributed by atoms with Gasteiger partial charge in [0.25, 0.3) is 0 Å². The molecule has 0 saturated heterocycles. The number of halogens is 3. The van der Waals surface area contributed by atoms with Gasteiger partial charge in [0, 0.05) is 12.5 Å². The van der Waals surface area contributed by atoms with Gasteiger partial charge < -0.3 is 5.11 Å². The van der Waals surface area contributed by atoms with Crippen LogP contribution in [0, 0.1) is 11.6 Å². The van der Waals surface area contributed by atoms with Gasteiger partial charge in [-0.25, -0.2) is 8.78 Å². The van der Waals surface area contributed by atoms with E-state index in [1.807, 2.05) is 0 Å². The molecule has 1 unspecified atom stereocenters. The minimum Gasteiger partial charge on any atom is -0.396 e. The zero-order chi connectivity index (χ0) is 10.0. The second kappa shape index (κ2) is 4.03. The van der Waals surface area contributed by atoms with E-state index < -0.39 is 11.6 Å². The summed E-state index contributed by atoms with van der Waals surface area (Å²) in [5.41, 5.74) is 0.492. The summed E-state index contributed by atoms with van der Waals surface area (Å²) in [5, 5.41) is 8.53. The maximum Gasteiger partial charge on any atom is 0.177 e. The molecule has 0 heterocycles. The number of benzene rings is 1. The molecule has 0 aliphatic rings. The minimum absolute atomic E-state index is 0.124. The first-order valence-electron chi connectivity index (χ1n) is 3.81. The summed E-state index contributed by atoms with van der Waals surface area (Å²) in [7, 11) is 0. The van der Waals surface area contributed by atoms with E-state index in [2.05, 4.69) is 0 Å². The van der Waals surface area contributed by atoms with Crippen molar-refractivity contribution in [3.63, 3.8) is 0 Å². The summed E-state index contributed by atoms with van der Waals surface area (Å²) in [6, 6.07) is 2.36. The summed E-state index contributed by atoms with van der Waals surface area (Å²) in [6.45, 7) is 1.57. The van der Waals surface area contributed by atoms with Gasteiger partial charge in [0.05, 0.1) is 5.02 Å². The quantitative estimate of drug-likeness (QED) is 0.738. The van der Waals surface area contributed by atoms with Crippen molar-refractivity contribution in [3.05, 3.63) is 34.4 Å². The predicted octanol–water partition coefficient (Wildman–Crippen LogP) is 2.71. The van der Waals surface area contributed by atoms with Crippen LogP contribution in [0.25, 0.3) is 0 Å². The van der Waals surface area contributed by atoms with Crippen molar-refractivity contribution in [1.82, 2.24) is 0 Å². The van der Waals surface area contributed by atoms with Crippen LogP contribution in [0.5, 0.6) is 0 Å². The van der Waals surface area contributed by atoms with Crippen LogP contribution in [0.15, 0.2) is 12.1 Å². The Balaban J connectivity index is 3.13. The van der Waals surface area contributed by atoms with Crippen molar-refractivity contribution >= 4 is 11.6 Å². The number of aliphatic hydroxyl groups excluding tert-OH is 1. The Labute approximate surface area is 80.0 Å². The summed E-state index contributed by atoms with van der Waals surface area (Å²) in [4.78, 5) is 0. The molecule has 0 spiro atoms. The van der Waals surface area contributed by atoms with Gasteiger partial charge in [-0.2, -0.15) is 0 Å². The molecule has 0 saturated carbocycles. The smallest absolute Gasteiger partial charge is 0.177 e. The van der Waals surface area contributed by atoms with Gasteiger partial charge in [0.1, 0.15) is 0 Å². The van der Waals surface area contributed by atoms with E-state index in [1.165, 1.54) is 6.07 Å². The standard InChI is InChI=1S/C9H9ClF2O/c1-5(4-13)6-2-7(10)9(12)8(11)3-6/h2-3,5,13H,4H2,1H3. The van der Waals surface area contributed by atoms with Gasteiger partial charge in [-0.05, 0) is 17.7 Å². The second-order valence-electron chi connectivity index (χ2n) is 2.88. The molecule has 0 aliphatic carbocycles. The maximum atomic E-state index is 12.8. The molecule has 1 atom stereocenters. The molecule has 1 nitrogen and oxygen atoms in total. The van der Waals surface area contributed by atoms with Crippen LogP contribution < -0.4 is 0 Å². The van der Waals surface area contributed by atoms with Crippen molar-refractivity contribution < 1.29 is 13.9 Å². The Kier molecular flexibility index (Phi) is 3.22. The Hall–Kier alpha value is -0.670. The summed E-state index contributed by atoms with van der Waals surface area (Å²) >= 11 is 5.42. The molecule has 0 bridgehead atoms. The van der Waals surface area contributed by atoms with E-state index in [-0.39, 0.29) is 17.5 Å². The lowest BCUT2D eigenvalue weighted by atomic mass is 10.0. The molecule has 1 N–H and O–H groups in total. The van der Waals surface area contributed by atoms with Crippen molar-refractivity contribution in [3.8, 4) is 0 Å². The van der Waals surface area contributed by atoms with Gasteiger partial charge in [-0.15, -0.1) is 0 Å². The largest absolute Gasteiger partial charge is 0.396 e. The highest BCUT2D eigenvalue weighted by molar-refractivity contribution is 6.30. The molecule has 72 valence electrons. The lowest BCUT2D eigenvalue weighted by molar-refractivity contribution is 0.272. The Morgan fingerprint density at radius 3 is 2.54 bits per heavy atom. The molecular weight excluding hydrogens is 198 g/mol. The monoisotopic (exact) mass is 206 g/mol. The van der Waals surface area contributed by atoms with E-state index >= 15 is 0 Å². The second-order valence-corrected chi connectivity index (χ2v) is 3.29. The number of rotatable bonds is 2. The van der Waals surface area contributed by atoms with Crippen LogP contribution in [-0.2, 0) is 0 Å². The van der Waals surface area contributed by atoms with Crippen LogP contribution in [-0.4, -0.2) is 11.7 Å². The topological polar surface area (TPSA) is 20.2 Å². The van der Waals surface area contributed by atoms with E-state index in [0.717, 1.165) is 6.07 Å². The molecule has 1 aromatic carbocycles. The molecule has 0 radical (unpaired) electrons. The zero-order valence-electron chi connectivity index (χ0n) is 7.02. The van der Waals surface area contributed by atoms with E-state index in [0.29, 0.717) is 5.56 Å². The fourth-order valence-electron chi connectivity index (χ4n) is 0.965. The molecule has 0 fully saturated rings. The number of hydrogen-bond donors (Lipinski definition) is 1. The van der Waals surface area contributed by atoms with Crippen LogP contribution in [0.2, 0.25) is 5.02 Å². The van der Waals surface area contributed by atoms with E-state index in [9.17, 15) is 8.78 Å². The highest BCUT2D eigenvalue weighted by Gasteiger charge is 2.12. The minimum atomic E-state index is -1.05. The fourth-order valence-corrected chi connectivity index (χ4v) is 1.18. The molecule has 0 aromatic heterocycles. The fraction of sp³-hybridized carbons (Fsp3) is 0.333. The third kappa shape index (κ3) is 2.17. The van der Waals surface area contributed by atoms with E-state index in [1.54, 1.807) is 6.92 Å². The maximum absolute atomic E-state index is 12.8. The lowest BCUT2D eigenvalue weighted by Crippen LogP contribution is -2.00. The molecular formula is C9H9ClF2O. The molecule has 13 heavy (non-hydrogen) atoms. The average Bonchev–Trinajstić information content (AvgIpc) is 2.12. The first kappa shape index (κ1) is 10.4. The van der Waals surface area contributed by atoms with Gasteiger partial charge in [-0.1, -0.05) is 18.5 Å². The van der Waals surface area contributed by atoms with E-state index in [4.69, 9.17) is 16.7 Å². The first-order valence-corrected chi connectivity index (χ1v) is 4.19. The van der Waals surface area contributed by atoms with Gasteiger partial charge >= 0.3 is 0 Å². The van der Waals surface area contributed by atoms with Crippen LogP contribution in [0.4, 0.5) is 8.78 Å². The normalized spacial score (nSPS) is 13.0. The van der Waals surface area contributed by atoms with Gasteiger partial charge in [0.15, 0.2) is 11.6 Å². The van der Waals surface area contributed by atoms with Crippen LogP contribution in [0.1, 0.15) is 18.4 Å². The predicted molar refractivity (Wildman–Crippen MR) is 46.9 cm³/mol. The Morgan fingerprint density at radius 2 is 2.08 bits per heavy atom. The van der Waals surface area contributed by atoms with Crippen molar-refractivity contribution in [2.75, 3.05) is 6.61 Å². The first-order chi connectivity index (χ1) is 6.06. The van der Waals surface area contributed by atoms with Crippen molar-refractivity contribution in [2.24, 2.45) is 0 Å². The average molecular weight is 207 g/mol. The van der Waals surface area contributed by atoms with Crippen LogP contribution in [0.3, 0.4) is 0 Å². The molecule has 1 rings (SSSR count). The number of hydrogen-bond acceptors (Lipinski definition) is 1. The summed E-state index contributed by atoms with van der Waals surface area (Å²) in [5.74, 6) is -2.27. The summed E-state index contributed by atoms with van der Waals surface area (Å²) < 4.78 is 25.5. The molecule has 0 amide bonds. The van der Waals surface area contributed by atoms with Gasteiger partial charge in [0.2, 0.25) is 0 Å². The van der Waals surface area contributed by atoms with Crippen LogP contribution >= 0.6 is 11.6 Å². The van der Waals surface area contributed by atoms with Crippen molar-refractivity contribution in [2.45, 2.75) is 12.8 Å². The molecule has 0 aliphatic heterocycles. The molecule has 1 aromatic rings. The molecule has 4 heteroatoms. The zero-order valence-corrected chi connectivity index (χ0v) is 7.78.